The molecule has 1 atom stereocenters. The van der Waals surface area contributed by atoms with E-state index in [4.69, 9.17) is 4.74 Å². The summed E-state index contributed by atoms with van der Waals surface area (Å²) in [5.74, 6) is -1.85. The maximum atomic E-state index is 15.2. The van der Waals surface area contributed by atoms with Gasteiger partial charge in [-0.3, -0.25) is 19.0 Å². The molecule has 9 nitrogen and oxygen atoms in total. The van der Waals surface area contributed by atoms with Gasteiger partial charge in [-0.05, 0) is 51.7 Å². The second-order valence-corrected chi connectivity index (χ2v) is 9.79. The molecule has 1 amide bonds. The molecule has 0 unspecified atom stereocenters. The Morgan fingerprint density at radius 2 is 1.75 bits per heavy atom. The maximum Gasteiger partial charge on any atom is 0.332 e. The minimum atomic E-state index is -1.19. The van der Waals surface area contributed by atoms with E-state index in [1.54, 1.807) is 17.6 Å². The molecule has 2 aliphatic rings. The van der Waals surface area contributed by atoms with Crippen LogP contribution in [0.2, 0.25) is 0 Å². The second-order valence-electron chi connectivity index (χ2n) is 9.79. The number of esters is 1. The molecule has 2 N–H and O–H groups in total. The molecule has 1 aromatic carbocycles. The average molecular weight is 503 g/mol. The zero-order valence-corrected chi connectivity index (χ0v) is 21.0. The number of hydrogen-bond donors (Lipinski definition) is 2. The predicted molar refractivity (Wildman–Crippen MR) is 135 cm³/mol. The molecule has 2 fully saturated rings. The van der Waals surface area contributed by atoms with Gasteiger partial charge in [-0.2, -0.15) is 0 Å². The van der Waals surface area contributed by atoms with Gasteiger partial charge in [0.1, 0.15) is 18.4 Å². The topological polar surface area (TPSA) is 111 Å². The lowest BCUT2D eigenvalue weighted by molar-refractivity contribution is -0.143. The van der Waals surface area contributed by atoms with Crippen molar-refractivity contribution in [3.05, 3.63) is 38.8 Å². The standard InChI is InChI=1S/C26H35FN4O5/c1-3-36-23(32)15-28-24(33)16(2)30-25(34)19-13-20(27)21(29-17-9-5-4-6-10-17)14-22(19)31(26(30)35)18-11-7-8-12-18/h13-14,16-18,29H,3-12,15H2,1-2H3,(H,28,33)/t16-/m0/s1. The van der Waals surface area contributed by atoms with Crippen LogP contribution in [0.5, 0.6) is 0 Å². The first-order valence-electron chi connectivity index (χ1n) is 13.0. The van der Waals surface area contributed by atoms with Crippen LogP contribution in [0.15, 0.2) is 21.7 Å². The van der Waals surface area contributed by atoms with Crippen molar-refractivity contribution in [2.24, 2.45) is 0 Å². The maximum absolute atomic E-state index is 15.2. The lowest BCUT2D eigenvalue weighted by atomic mass is 9.95. The monoisotopic (exact) mass is 502 g/mol. The van der Waals surface area contributed by atoms with Crippen molar-refractivity contribution in [2.45, 2.75) is 89.8 Å². The summed E-state index contributed by atoms with van der Waals surface area (Å²) in [5.41, 5.74) is -0.663. The molecule has 0 saturated heterocycles. The van der Waals surface area contributed by atoms with Gasteiger partial charge >= 0.3 is 11.7 Å². The van der Waals surface area contributed by atoms with E-state index in [0.717, 1.165) is 55.9 Å². The van der Waals surface area contributed by atoms with Gasteiger partial charge in [0, 0.05) is 12.1 Å². The van der Waals surface area contributed by atoms with Gasteiger partial charge in [0.15, 0.2) is 0 Å². The molecule has 36 heavy (non-hydrogen) atoms. The molecule has 0 radical (unpaired) electrons. The third-order valence-electron chi connectivity index (χ3n) is 7.34. The summed E-state index contributed by atoms with van der Waals surface area (Å²) in [4.78, 5) is 51.5. The minimum Gasteiger partial charge on any atom is -0.465 e. The molecule has 0 aliphatic heterocycles. The van der Waals surface area contributed by atoms with Gasteiger partial charge < -0.3 is 15.4 Å². The number of hydrogen-bond acceptors (Lipinski definition) is 6. The van der Waals surface area contributed by atoms with Crippen molar-refractivity contribution in [1.82, 2.24) is 14.5 Å². The lowest BCUT2D eigenvalue weighted by Crippen LogP contribution is -2.47. The van der Waals surface area contributed by atoms with Crippen molar-refractivity contribution in [2.75, 3.05) is 18.5 Å². The summed E-state index contributed by atoms with van der Waals surface area (Å²) in [6, 6.07) is 1.57. The third kappa shape index (κ3) is 5.32. The van der Waals surface area contributed by atoms with Crippen LogP contribution in [0.3, 0.4) is 0 Å². The minimum absolute atomic E-state index is 0.0539. The summed E-state index contributed by atoms with van der Waals surface area (Å²) >= 11 is 0. The SMILES string of the molecule is CCOC(=O)CNC(=O)[C@H](C)n1c(=O)c2cc(F)c(NC3CCCCC3)cc2n(C2CCCC2)c1=O. The zero-order valence-electron chi connectivity index (χ0n) is 21.0. The zero-order chi connectivity index (χ0) is 25.8. The molecule has 1 aromatic heterocycles. The average Bonchev–Trinajstić information content (AvgIpc) is 3.39. The predicted octanol–water partition coefficient (Wildman–Crippen LogP) is 3.40. The van der Waals surface area contributed by atoms with E-state index in [0.29, 0.717) is 5.52 Å². The van der Waals surface area contributed by atoms with E-state index >= 15 is 4.39 Å². The number of nitrogens with zero attached hydrogens (tertiary/aromatic N) is 2. The summed E-state index contributed by atoms with van der Waals surface area (Å²) in [7, 11) is 0. The number of carbonyl (C=O) groups excluding carboxylic acids is 2. The number of nitrogens with one attached hydrogen (secondary N) is 2. The molecular formula is C26H35FN4O5. The van der Waals surface area contributed by atoms with Crippen molar-refractivity contribution >= 4 is 28.5 Å². The van der Waals surface area contributed by atoms with Crippen LogP contribution in [-0.4, -0.2) is 40.2 Å². The van der Waals surface area contributed by atoms with E-state index in [1.807, 2.05) is 0 Å². The number of ether oxygens (including phenoxy) is 1. The van der Waals surface area contributed by atoms with E-state index in [1.165, 1.54) is 19.4 Å². The molecule has 4 rings (SSSR count). The number of rotatable bonds is 8. The highest BCUT2D eigenvalue weighted by atomic mass is 19.1. The van der Waals surface area contributed by atoms with E-state index in [9.17, 15) is 19.2 Å². The fraction of sp³-hybridized carbons (Fsp3) is 0.615. The first kappa shape index (κ1) is 25.9. The van der Waals surface area contributed by atoms with Crippen LogP contribution in [0, 0.1) is 5.82 Å². The van der Waals surface area contributed by atoms with E-state index in [-0.39, 0.29) is 36.3 Å². The van der Waals surface area contributed by atoms with Crippen LogP contribution >= 0.6 is 0 Å². The van der Waals surface area contributed by atoms with Crippen LogP contribution < -0.4 is 21.9 Å². The van der Waals surface area contributed by atoms with Crippen LogP contribution in [0.25, 0.3) is 10.9 Å². The number of benzene rings is 1. The van der Waals surface area contributed by atoms with Gasteiger partial charge in [-0.1, -0.05) is 32.1 Å². The molecule has 0 bridgehead atoms. The molecule has 2 saturated carbocycles. The number of amides is 1. The Hall–Kier alpha value is -3.17. The van der Waals surface area contributed by atoms with Gasteiger partial charge in [-0.25, -0.2) is 13.8 Å². The fourth-order valence-corrected chi connectivity index (χ4v) is 5.44. The third-order valence-corrected chi connectivity index (χ3v) is 7.34. The van der Waals surface area contributed by atoms with Crippen LogP contribution in [0.4, 0.5) is 10.1 Å². The summed E-state index contributed by atoms with van der Waals surface area (Å²) < 4.78 is 22.5. The van der Waals surface area contributed by atoms with Crippen LogP contribution in [0.1, 0.15) is 83.7 Å². The van der Waals surface area contributed by atoms with Crippen LogP contribution in [-0.2, 0) is 14.3 Å². The van der Waals surface area contributed by atoms with Crippen molar-refractivity contribution < 1.29 is 18.7 Å². The first-order chi connectivity index (χ1) is 17.3. The summed E-state index contributed by atoms with van der Waals surface area (Å²) in [6.07, 6.45) is 8.66. The number of fused-ring (bicyclic) bond motifs is 1. The highest BCUT2D eigenvalue weighted by molar-refractivity contribution is 5.86. The normalized spacial score (nSPS) is 17.8. The Kier molecular flexibility index (Phi) is 8.11. The van der Waals surface area contributed by atoms with Gasteiger partial charge in [-0.15, -0.1) is 0 Å². The molecule has 10 heteroatoms. The molecule has 2 aromatic rings. The largest absolute Gasteiger partial charge is 0.465 e. The summed E-state index contributed by atoms with van der Waals surface area (Å²) in [6.45, 7) is 2.87. The Morgan fingerprint density at radius 1 is 1.08 bits per heavy atom. The van der Waals surface area contributed by atoms with Crippen molar-refractivity contribution in [3.63, 3.8) is 0 Å². The molecule has 0 spiro atoms. The van der Waals surface area contributed by atoms with Crippen molar-refractivity contribution in [1.29, 1.82) is 0 Å². The Balaban J connectivity index is 1.77. The molecule has 1 heterocycles. The van der Waals surface area contributed by atoms with Gasteiger partial charge in [0.05, 0.1) is 23.2 Å². The quantitative estimate of drug-likeness (QED) is 0.535. The Labute approximate surface area is 209 Å². The molecular weight excluding hydrogens is 467 g/mol. The van der Waals surface area contributed by atoms with E-state index < -0.39 is 35.0 Å². The smallest absolute Gasteiger partial charge is 0.332 e. The summed E-state index contributed by atoms with van der Waals surface area (Å²) in [5, 5.41) is 5.76. The number of halogens is 1. The number of carbonyl (C=O) groups is 2. The lowest BCUT2D eigenvalue weighted by Gasteiger charge is -2.25. The van der Waals surface area contributed by atoms with Crippen molar-refractivity contribution in [3.8, 4) is 0 Å². The Bertz CT molecular complexity index is 1240. The highest BCUT2D eigenvalue weighted by Gasteiger charge is 2.28. The number of aromatic nitrogens is 2. The van der Waals surface area contributed by atoms with Gasteiger partial charge in [0.25, 0.3) is 5.56 Å². The molecule has 2 aliphatic carbocycles. The second kappa shape index (κ2) is 11.3. The highest BCUT2D eigenvalue weighted by Crippen LogP contribution is 2.32. The van der Waals surface area contributed by atoms with Gasteiger partial charge in [0.2, 0.25) is 5.91 Å². The Morgan fingerprint density at radius 3 is 2.42 bits per heavy atom. The number of anilines is 1. The fourth-order valence-electron chi connectivity index (χ4n) is 5.44. The van der Waals surface area contributed by atoms with E-state index in [2.05, 4.69) is 10.6 Å². The first-order valence-corrected chi connectivity index (χ1v) is 13.0. The molecule has 196 valence electrons.